The van der Waals surface area contributed by atoms with E-state index >= 15 is 0 Å². The number of carbonyl (C=O) groups excluding carboxylic acids is 2. The molecule has 2 aliphatic rings. The number of carbonyl (C=O) groups is 2. The van der Waals surface area contributed by atoms with Crippen LogP contribution in [0.3, 0.4) is 0 Å². The Morgan fingerprint density at radius 3 is 2.63 bits per heavy atom. The van der Waals surface area contributed by atoms with Gasteiger partial charge >= 0.3 is 5.97 Å². The number of aromatic nitrogens is 3. The number of anilines is 2. The average molecular weight is 561 g/mol. The number of piperidine rings is 1. The molecule has 4 heterocycles. The van der Waals surface area contributed by atoms with E-state index in [0.717, 1.165) is 24.7 Å². The Morgan fingerprint density at radius 2 is 1.95 bits per heavy atom. The van der Waals surface area contributed by atoms with Gasteiger partial charge in [0.2, 0.25) is 10.0 Å². The highest BCUT2D eigenvalue weighted by molar-refractivity contribution is 7.92. The number of likely N-dealkylation sites (tertiary alicyclic amines) is 1. The molecule has 0 radical (unpaired) electrons. The number of esters is 1. The lowest BCUT2D eigenvalue weighted by molar-refractivity contribution is -0.143. The van der Waals surface area contributed by atoms with Gasteiger partial charge in [0.05, 0.1) is 36.4 Å². The SMILES string of the molecule is COC(=O)C1CCN1c1nc2cc([C@H]3CCCCN3C(=O)c3cc(Cl)ccc3NS(C)(=O)=O)nn2cc1C. The molecule has 1 amide bonds. The summed E-state index contributed by atoms with van der Waals surface area (Å²) in [5.41, 5.74) is 2.53. The Kier molecular flexibility index (Phi) is 6.95. The summed E-state index contributed by atoms with van der Waals surface area (Å²) in [5, 5.41) is 5.08. The standard InChI is InChI=1S/C25H29ClN6O5S/c1-15-14-32-22(27-23(15)30-11-9-21(30)25(34)37-2)13-19(28-32)20-6-4-5-10-31(20)24(33)17-12-16(26)7-8-18(17)29-38(3,35)36/h7-8,12-14,20-21,29H,4-6,9-11H2,1-3H3/t20-,21?/m1/s1. The minimum atomic E-state index is -3.60. The Balaban J connectivity index is 1.48. The normalized spacial score (nSPS) is 19.8. The number of benzene rings is 1. The van der Waals surface area contributed by atoms with Crippen molar-refractivity contribution >= 4 is 50.7 Å². The van der Waals surface area contributed by atoms with Gasteiger partial charge in [-0.1, -0.05) is 11.6 Å². The molecule has 1 aromatic carbocycles. The first-order chi connectivity index (χ1) is 18.1. The first-order valence-corrected chi connectivity index (χ1v) is 14.6. The number of amides is 1. The summed E-state index contributed by atoms with van der Waals surface area (Å²) in [6.07, 6.45) is 6.05. The van der Waals surface area contributed by atoms with Crippen LogP contribution in [0.5, 0.6) is 0 Å². The maximum atomic E-state index is 13.8. The first-order valence-electron chi connectivity index (χ1n) is 12.4. The summed E-state index contributed by atoms with van der Waals surface area (Å²) < 4.78 is 32.8. The van der Waals surface area contributed by atoms with Crippen LogP contribution >= 0.6 is 11.6 Å². The van der Waals surface area contributed by atoms with Gasteiger partial charge in [0, 0.05) is 35.9 Å². The number of ether oxygens (including phenoxy) is 1. The zero-order chi connectivity index (χ0) is 27.2. The highest BCUT2D eigenvalue weighted by Crippen LogP contribution is 2.35. The fourth-order valence-electron chi connectivity index (χ4n) is 5.11. The smallest absolute Gasteiger partial charge is 0.328 e. The van der Waals surface area contributed by atoms with Crippen LogP contribution in [0.25, 0.3) is 5.65 Å². The van der Waals surface area contributed by atoms with Crippen LogP contribution in [-0.2, 0) is 19.6 Å². The fourth-order valence-corrected chi connectivity index (χ4v) is 5.86. The van der Waals surface area contributed by atoms with Crippen LogP contribution in [0, 0.1) is 6.92 Å². The number of hydrogen-bond donors (Lipinski definition) is 1. The second kappa shape index (κ2) is 10.1. The molecule has 1 unspecified atom stereocenters. The molecule has 13 heteroatoms. The van der Waals surface area contributed by atoms with Crippen LogP contribution in [-0.4, -0.2) is 72.3 Å². The van der Waals surface area contributed by atoms with Gasteiger partial charge in [-0.05, 0) is 50.8 Å². The second-order valence-corrected chi connectivity index (χ2v) is 11.9. The monoisotopic (exact) mass is 560 g/mol. The number of aryl methyl sites for hydroxylation is 1. The summed E-state index contributed by atoms with van der Waals surface area (Å²) in [4.78, 5) is 34.3. The van der Waals surface area contributed by atoms with E-state index in [-0.39, 0.29) is 35.2 Å². The van der Waals surface area contributed by atoms with E-state index in [2.05, 4.69) is 4.72 Å². The molecule has 38 heavy (non-hydrogen) atoms. The summed E-state index contributed by atoms with van der Waals surface area (Å²) in [6.45, 7) is 3.12. The molecule has 5 rings (SSSR count). The first kappa shape index (κ1) is 26.2. The predicted molar refractivity (Wildman–Crippen MR) is 143 cm³/mol. The number of fused-ring (bicyclic) bond motifs is 1. The zero-order valence-electron chi connectivity index (χ0n) is 21.3. The fraction of sp³-hybridized carbons (Fsp3) is 0.440. The van der Waals surface area contributed by atoms with Crippen molar-refractivity contribution in [3.05, 3.63) is 52.3 Å². The number of nitrogens with zero attached hydrogens (tertiary/aromatic N) is 5. The Morgan fingerprint density at radius 1 is 1.16 bits per heavy atom. The van der Waals surface area contributed by atoms with Gasteiger partial charge < -0.3 is 14.5 Å². The van der Waals surface area contributed by atoms with E-state index in [1.54, 1.807) is 9.42 Å². The lowest BCUT2D eigenvalue weighted by atomic mass is 9.98. The quantitative estimate of drug-likeness (QED) is 0.456. The van der Waals surface area contributed by atoms with E-state index in [1.165, 1.54) is 25.3 Å². The molecule has 2 fully saturated rings. The van der Waals surface area contributed by atoms with Crippen LogP contribution in [0.1, 0.15) is 53.3 Å². The van der Waals surface area contributed by atoms with E-state index in [1.807, 2.05) is 24.1 Å². The topological polar surface area (TPSA) is 126 Å². The summed E-state index contributed by atoms with van der Waals surface area (Å²) >= 11 is 6.18. The molecule has 0 aliphatic carbocycles. The summed E-state index contributed by atoms with van der Waals surface area (Å²) in [5.74, 6) is 0.0953. The van der Waals surface area contributed by atoms with Crippen LogP contribution in [0.15, 0.2) is 30.5 Å². The zero-order valence-corrected chi connectivity index (χ0v) is 22.9. The molecule has 1 N–H and O–H groups in total. The van der Waals surface area contributed by atoms with Gasteiger partial charge in [0.15, 0.2) is 5.65 Å². The Labute approximate surface area is 225 Å². The van der Waals surface area contributed by atoms with Gasteiger partial charge in [-0.15, -0.1) is 0 Å². The third-order valence-corrected chi connectivity index (χ3v) is 7.83. The molecule has 3 aromatic rings. The molecule has 0 bridgehead atoms. The van der Waals surface area contributed by atoms with Crippen molar-refractivity contribution in [2.24, 2.45) is 0 Å². The van der Waals surface area contributed by atoms with Crippen molar-refractivity contribution in [2.75, 3.05) is 36.1 Å². The van der Waals surface area contributed by atoms with Gasteiger partial charge in [-0.25, -0.2) is 22.7 Å². The Hall–Kier alpha value is -3.38. The van der Waals surface area contributed by atoms with Crippen molar-refractivity contribution in [2.45, 2.75) is 44.7 Å². The number of halogens is 1. The summed E-state index contributed by atoms with van der Waals surface area (Å²) in [7, 11) is -2.22. The molecule has 2 aromatic heterocycles. The maximum absolute atomic E-state index is 13.8. The van der Waals surface area contributed by atoms with Crippen LogP contribution in [0.4, 0.5) is 11.5 Å². The van der Waals surface area contributed by atoms with Crippen molar-refractivity contribution < 1.29 is 22.7 Å². The molecule has 0 saturated carbocycles. The average Bonchev–Trinajstić information content (AvgIpc) is 3.26. The molecule has 202 valence electrons. The molecular weight excluding hydrogens is 532 g/mol. The van der Waals surface area contributed by atoms with E-state index < -0.39 is 10.0 Å². The predicted octanol–water partition coefficient (Wildman–Crippen LogP) is 3.18. The third-order valence-electron chi connectivity index (χ3n) is 7.00. The lowest BCUT2D eigenvalue weighted by Gasteiger charge is -2.40. The molecule has 11 nitrogen and oxygen atoms in total. The molecule has 0 spiro atoms. The van der Waals surface area contributed by atoms with Gasteiger partial charge in [0.1, 0.15) is 11.9 Å². The maximum Gasteiger partial charge on any atom is 0.328 e. The van der Waals surface area contributed by atoms with Crippen LogP contribution < -0.4 is 9.62 Å². The number of methoxy groups -OCH3 is 1. The van der Waals surface area contributed by atoms with Gasteiger partial charge in [-0.3, -0.25) is 9.52 Å². The lowest BCUT2D eigenvalue weighted by Crippen LogP contribution is -2.53. The highest BCUT2D eigenvalue weighted by atomic mass is 35.5. The largest absolute Gasteiger partial charge is 0.467 e. The van der Waals surface area contributed by atoms with E-state index in [9.17, 15) is 18.0 Å². The number of rotatable bonds is 6. The third kappa shape index (κ3) is 5.02. The molecule has 2 atom stereocenters. The minimum Gasteiger partial charge on any atom is -0.467 e. The van der Waals surface area contributed by atoms with Crippen molar-refractivity contribution in [1.82, 2.24) is 19.5 Å². The van der Waals surface area contributed by atoms with Crippen molar-refractivity contribution in [3.63, 3.8) is 0 Å². The van der Waals surface area contributed by atoms with Crippen molar-refractivity contribution in [3.8, 4) is 0 Å². The highest BCUT2D eigenvalue weighted by Gasteiger charge is 2.37. The number of sulfonamides is 1. The van der Waals surface area contributed by atoms with Crippen molar-refractivity contribution in [1.29, 1.82) is 0 Å². The van der Waals surface area contributed by atoms with Crippen LogP contribution in [0.2, 0.25) is 5.02 Å². The molecular formula is C25H29ClN6O5S. The van der Waals surface area contributed by atoms with E-state index in [0.29, 0.717) is 48.1 Å². The number of nitrogens with one attached hydrogen (secondary N) is 1. The van der Waals surface area contributed by atoms with E-state index in [4.69, 9.17) is 26.4 Å². The minimum absolute atomic E-state index is 0.179. The van der Waals surface area contributed by atoms with Gasteiger partial charge in [0.25, 0.3) is 5.91 Å². The Bertz CT molecular complexity index is 1520. The molecule has 2 saturated heterocycles. The second-order valence-electron chi connectivity index (χ2n) is 9.71. The summed E-state index contributed by atoms with van der Waals surface area (Å²) in [6, 6.07) is 5.70. The number of hydrogen-bond acceptors (Lipinski definition) is 8. The van der Waals surface area contributed by atoms with Gasteiger partial charge in [-0.2, -0.15) is 5.10 Å². The molecule has 2 aliphatic heterocycles.